The Morgan fingerprint density at radius 2 is 2.00 bits per heavy atom. The third-order valence-electron chi connectivity index (χ3n) is 2.74. The van der Waals surface area contributed by atoms with Gasteiger partial charge in [0.25, 0.3) is 0 Å². The molecule has 0 spiro atoms. The fraction of sp³-hybridized carbons (Fsp3) is 0.312. The van der Waals surface area contributed by atoms with Gasteiger partial charge in [-0.2, -0.15) is 5.26 Å². The number of carbonyl (C=O) groups excluding carboxylic acids is 2. The molecule has 0 aliphatic heterocycles. The zero-order valence-electron chi connectivity index (χ0n) is 12.0. The maximum atomic E-state index is 12.0. The summed E-state index contributed by atoms with van der Waals surface area (Å²) in [5.41, 5.74) is 1.06. The molecular formula is C16H17NO4. The molecule has 1 aromatic rings. The fourth-order valence-electron chi connectivity index (χ4n) is 1.72. The zero-order valence-corrected chi connectivity index (χ0v) is 12.0. The van der Waals surface area contributed by atoms with Crippen LogP contribution in [0, 0.1) is 17.2 Å². The minimum Gasteiger partial charge on any atom is -0.468 e. The number of nitriles is 1. The van der Waals surface area contributed by atoms with Gasteiger partial charge in [-0.25, -0.2) is 4.79 Å². The lowest BCUT2D eigenvalue weighted by Gasteiger charge is -2.10. The number of carbonyl (C=O) groups is 2. The Hall–Kier alpha value is -2.61. The average molecular weight is 287 g/mol. The summed E-state index contributed by atoms with van der Waals surface area (Å²) in [7, 11) is 1.21. The van der Waals surface area contributed by atoms with Crippen molar-refractivity contribution in [3.05, 3.63) is 41.5 Å². The predicted molar refractivity (Wildman–Crippen MR) is 76.8 cm³/mol. The molecular weight excluding hydrogens is 270 g/mol. The first-order valence-electron chi connectivity index (χ1n) is 6.52. The highest BCUT2D eigenvalue weighted by molar-refractivity contribution is 5.94. The first kappa shape index (κ1) is 16.4. The Morgan fingerprint density at radius 1 is 1.33 bits per heavy atom. The normalized spacial score (nSPS) is 12.1. The van der Waals surface area contributed by atoms with Gasteiger partial charge >= 0.3 is 11.9 Å². The van der Waals surface area contributed by atoms with Gasteiger partial charge in [0.05, 0.1) is 19.8 Å². The Morgan fingerprint density at radius 3 is 2.52 bits per heavy atom. The van der Waals surface area contributed by atoms with Gasteiger partial charge < -0.3 is 9.47 Å². The average Bonchev–Trinajstić information content (AvgIpc) is 2.51. The van der Waals surface area contributed by atoms with Crippen molar-refractivity contribution in [1.29, 1.82) is 5.26 Å². The minimum atomic E-state index is -1.03. The van der Waals surface area contributed by atoms with Crippen LogP contribution in [-0.2, 0) is 19.1 Å². The number of rotatable bonds is 6. The summed E-state index contributed by atoms with van der Waals surface area (Å²) in [5.74, 6) is -2.24. The van der Waals surface area contributed by atoms with E-state index in [1.54, 1.807) is 13.0 Å². The van der Waals surface area contributed by atoms with Crippen LogP contribution in [0.3, 0.4) is 0 Å². The quantitative estimate of drug-likeness (QED) is 0.593. The summed E-state index contributed by atoms with van der Waals surface area (Å²) in [4.78, 5) is 23.4. The van der Waals surface area contributed by atoms with Gasteiger partial charge in [-0.1, -0.05) is 30.3 Å². The van der Waals surface area contributed by atoms with Crippen molar-refractivity contribution in [2.24, 2.45) is 5.92 Å². The highest BCUT2D eigenvalue weighted by Gasteiger charge is 2.24. The van der Waals surface area contributed by atoms with E-state index in [0.717, 1.165) is 5.56 Å². The third kappa shape index (κ3) is 5.11. The lowest BCUT2D eigenvalue weighted by atomic mass is 9.98. The second kappa shape index (κ2) is 8.54. The molecule has 1 aromatic carbocycles. The minimum absolute atomic E-state index is 0.0447. The summed E-state index contributed by atoms with van der Waals surface area (Å²) in [6.07, 6.45) is 1.57. The molecule has 1 atom stereocenters. The number of hydrogen-bond donors (Lipinski definition) is 0. The number of nitrogens with zero attached hydrogens (tertiary/aromatic N) is 1. The Balaban J connectivity index is 3.03. The van der Waals surface area contributed by atoms with Gasteiger partial charge in [-0.05, 0) is 18.6 Å². The maximum absolute atomic E-state index is 12.0. The van der Waals surface area contributed by atoms with Crippen LogP contribution in [0.25, 0.3) is 6.08 Å². The van der Waals surface area contributed by atoms with Gasteiger partial charge in [0.2, 0.25) is 0 Å². The number of esters is 2. The van der Waals surface area contributed by atoms with E-state index in [1.165, 1.54) is 7.11 Å². The summed E-state index contributed by atoms with van der Waals surface area (Å²) in [6, 6.07) is 11.0. The molecule has 5 nitrogen and oxygen atoms in total. The van der Waals surface area contributed by atoms with E-state index >= 15 is 0 Å². The van der Waals surface area contributed by atoms with Crippen molar-refractivity contribution in [1.82, 2.24) is 0 Å². The van der Waals surface area contributed by atoms with Crippen LogP contribution in [-0.4, -0.2) is 25.7 Å². The van der Waals surface area contributed by atoms with Gasteiger partial charge in [0.15, 0.2) is 0 Å². The summed E-state index contributed by atoms with van der Waals surface area (Å²) in [5, 5.41) is 9.02. The molecule has 0 aromatic heterocycles. The number of methoxy groups -OCH3 is 1. The van der Waals surface area contributed by atoms with Gasteiger partial charge in [0.1, 0.15) is 5.92 Å². The summed E-state index contributed by atoms with van der Waals surface area (Å²) < 4.78 is 9.52. The lowest BCUT2D eigenvalue weighted by molar-refractivity contribution is -0.143. The standard InChI is InChI=1S/C16H17NO4/c1-3-21-16(19)13(9-12-7-5-4-6-8-12)10-14(11-17)15(18)20-2/h4-9,14H,3,10H2,1-2H3/b13-9-. The van der Waals surface area contributed by atoms with E-state index in [2.05, 4.69) is 4.74 Å². The highest BCUT2D eigenvalue weighted by Crippen LogP contribution is 2.18. The van der Waals surface area contributed by atoms with E-state index in [-0.39, 0.29) is 18.6 Å². The molecule has 0 amide bonds. The molecule has 0 saturated heterocycles. The van der Waals surface area contributed by atoms with Crippen molar-refractivity contribution >= 4 is 18.0 Å². The molecule has 21 heavy (non-hydrogen) atoms. The molecule has 0 radical (unpaired) electrons. The van der Waals surface area contributed by atoms with Crippen molar-refractivity contribution < 1.29 is 19.1 Å². The first-order valence-corrected chi connectivity index (χ1v) is 6.52. The monoisotopic (exact) mass is 287 g/mol. The van der Waals surface area contributed by atoms with Crippen LogP contribution in [0.5, 0.6) is 0 Å². The molecule has 0 saturated carbocycles. The molecule has 5 heteroatoms. The topological polar surface area (TPSA) is 76.4 Å². The molecule has 110 valence electrons. The molecule has 0 aliphatic carbocycles. The second-order valence-corrected chi connectivity index (χ2v) is 4.21. The number of benzene rings is 1. The Kier molecular flexibility index (Phi) is 6.69. The van der Waals surface area contributed by atoms with Gasteiger partial charge in [-0.15, -0.1) is 0 Å². The summed E-state index contributed by atoms with van der Waals surface area (Å²) >= 11 is 0. The van der Waals surface area contributed by atoms with Gasteiger partial charge in [0, 0.05) is 12.0 Å². The molecule has 0 heterocycles. The van der Waals surface area contributed by atoms with E-state index in [0.29, 0.717) is 0 Å². The van der Waals surface area contributed by atoms with Crippen LogP contribution in [0.4, 0.5) is 0 Å². The van der Waals surface area contributed by atoms with E-state index in [4.69, 9.17) is 10.00 Å². The van der Waals surface area contributed by atoms with E-state index in [9.17, 15) is 9.59 Å². The molecule has 1 rings (SSSR count). The largest absolute Gasteiger partial charge is 0.468 e. The number of ether oxygens (including phenoxy) is 2. The Labute approximate surface area is 123 Å². The van der Waals surface area contributed by atoms with Crippen LogP contribution < -0.4 is 0 Å². The molecule has 0 bridgehead atoms. The highest BCUT2D eigenvalue weighted by atomic mass is 16.5. The smallest absolute Gasteiger partial charge is 0.334 e. The molecule has 1 unspecified atom stereocenters. The van der Waals surface area contributed by atoms with Crippen LogP contribution in [0.15, 0.2) is 35.9 Å². The fourth-order valence-corrected chi connectivity index (χ4v) is 1.72. The van der Waals surface area contributed by atoms with Crippen molar-refractivity contribution in [3.63, 3.8) is 0 Å². The molecule has 0 fully saturated rings. The van der Waals surface area contributed by atoms with Crippen molar-refractivity contribution in [3.8, 4) is 6.07 Å². The second-order valence-electron chi connectivity index (χ2n) is 4.21. The Bertz CT molecular complexity index is 557. The lowest BCUT2D eigenvalue weighted by Crippen LogP contribution is -2.18. The van der Waals surface area contributed by atoms with E-state index in [1.807, 2.05) is 36.4 Å². The number of hydrogen-bond acceptors (Lipinski definition) is 5. The van der Waals surface area contributed by atoms with Crippen LogP contribution in [0.1, 0.15) is 18.9 Å². The van der Waals surface area contributed by atoms with Crippen molar-refractivity contribution in [2.45, 2.75) is 13.3 Å². The van der Waals surface area contributed by atoms with Crippen LogP contribution in [0.2, 0.25) is 0 Å². The predicted octanol–water partition coefficient (Wildman–Crippen LogP) is 2.34. The maximum Gasteiger partial charge on any atom is 0.334 e. The molecule has 0 aliphatic rings. The SMILES string of the molecule is CCOC(=O)/C(=C\c1ccccc1)CC(C#N)C(=O)OC. The molecule has 0 N–H and O–H groups in total. The first-order chi connectivity index (χ1) is 10.1. The van der Waals surface area contributed by atoms with E-state index < -0.39 is 17.9 Å². The van der Waals surface area contributed by atoms with Crippen LogP contribution >= 0.6 is 0 Å². The summed E-state index contributed by atoms with van der Waals surface area (Å²) in [6.45, 7) is 1.92. The van der Waals surface area contributed by atoms with Gasteiger partial charge in [-0.3, -0.25) is 4.79 Å². The third-order valence-corrected chi connectivity index (χ3v) is 2.74. The zero-order chi connectivity index (χ0) is 15.7. The van der Waals surface area contributed by atoms with Crippen molar-refractivity contribution in [2.75, 3.05) is 13.7 Å².